The van der Waals surface area contributed by atoms with E-state index in [2.05, 4.69) is 16.0 Å². The van der Waals surface area contributed by atoms with E-state index in [0.29, 0.717) is 12.2 Å². The molecule has 0 spiro atoms. The predicted molar refractivity (Wildman–Crippen MR) is 116 cm³/mol. The van der Waals surface area contributed by atoms with Gasteiger partial charge in [0.2, 0.25) is 23.6 Å². The van der Waals surface area contributed by atoms with Crippen LogP contribution in [0.15, 0.2) is 0 Å². The van der Waals surface area contributed by atoms with Crippen molar-refractivity contribution >= 4 is 41.4 Å². The van der Waals surface area contributed by atoms with Crippen molar-refractivity contribution in [2.45, 2.75) is 69.5 Å². The molecule has 184 valence electrons. The Morgan fingerprint density at radius 2 is 1.41 bits per heavy atom. The minimum atomic E-state index is -1.67. The molecule has 0 saturated carbocycles. The standard InChI is InChI=1S/C18H33N5O8S/c1-8(24)13(22-15(27)10(19)6-7-32-3)17(29)21-11(4-5-12(20)26)16(28)23-14(9(2)25)18(30)31/h8-11,13-14,24-25H,4-7,19H2,1-3H3,(H2,20,26)(H,21,29)(H,22,27)(H,23,28)(H,30,31). The topological polar surface area (TPSA) is 234 Å². The van der Waals surface area contributed by atoms with Gasteiger partial charge in [0.15, 0.2) is 6.04 Å². The minimum Gasteiger partial charge on any atom is -0.480 e. The monoisotopic (exact) mass is 479 g/mol. The van der Waals surface area contributed by atoms with Gasteiger partial charge in [-0.05, 0) is 38.7 Å². The van der Waals surface area contributed by atoms with Gasteiger partial charge in [-0.25, -0.2) is 4.79 Å². The molecule has 4 amide bonds. The number of amides is 4. The Morgan fingerprint density at radius 3 is 1.84 bits per heavy atom. The number of carbonyl (C=O) groups excluding carboxylic acids is 4. The van der Waals surface area contributed by atoms with Crippen molar-refractivity contribution in [2.75, 3.05) is 12.0 Å². The van der Waals surface area contributed by atoms with Crippen LogP contribution in [0.4, 0.5) is 0 Å². The number of nitrogens with one attached hydrogen (secondary N) is 3. The molecule has 0 saturated heterocycles. The molecule has 6 unspecified atom stereocenters. The van der Waals surface area contributed by atoms with Crippen LogP contribution in [0.1, 0.15) is 33.1 Å². The van der Waals surface area contributed by atoms with Crippen LogP contribution in [0.5, 0.6) is 0 Å². The van der Waals surface area contributed by atoms with Crippen LogP contribution in [0, 0.1) is 0 Å². The fourth-order valence-electron chi connectivity index (χ4n) is 2.50. The molecule has 10 N–H and O–H groups in total. The average Bonchev–Trinajstić information content (AvgIpc) is 2.69. The number of primary amides is 1. The first kappa shape index (κ1) is 29.6. The Morgan fingerprint density at radius 1 is 0.875 bits per heavy atom. The van der Waals surface area contributed by atoms with Crippen LogP contribution < -0.4 is 27.4 Å². The highest BCUT2D eigenvalue weighted by Crippen LogP contribution is 2.04. The minimum absolute atomic E-state index is 0.285. The number of aliphatic carboxylic acids is 1. The summed E-state index contributed by atoms with van der Waals surface area (Å²) < 4.78 is 0. The fourth-order valence-corrected chi connectivity index (χ4v) is 2.99. The van der Waals surface area contributed by atoms with E-state index >= 15 is 0 Å². The fraction of sp³-hybridized carbons (Fsp3) is 0.722. The molecule has 0 fully saturated rings. The van der Waals surface area contributed by atoms with E-state index in [1.165, 1.54) is 18.7 Å². The third-order valence-corrected chi connectivity index (χ3v) is 5.03. The number of hydrogen-bond acceptors (Lipinski definition) is 9. The largest absolute Gasteiger partial charge is 0.480 e. The molecule has 32 heavy (non-hydrogen) atoms. The second-order valence-electron chi connectivity index (χ2n) is 7.25. The number of hydrogen-bond donors (Lipinski definition) is 8. The molecular weight excluding hydrogens is 446 g/mol. The number of thioether (sulfide) groups is 1. The smallest absolute Gasteiger partial charge is 0.328 e. The molecule has 0 rings (SSSR count). The number of nitrogens with two attached hydrogens (primary N) is 2. The van der Waals surface area contributed by atoms with Gasteiger partial charge in [0.25, 0.3) is 0 Å². The maximum atomic E-state index is 12.7. The molecular formula is C18H33N5O8S. The number of rotatable bonds is 15. The highest BCUT2D eigenvalue weighted by atomic mass is 32.2. The average molecular weight is 480 g/mol. The van der Waals surface area contributed by atoms with Crippen LogP contribution in [0.25, 0.3) is 0 Å². The zero-order valence-corrected chi connectivity index (χ0v) is 19.1. The lowest BCUT2D eigenvalue weighted by Crippen LogP contribution is -2.60. The highest BCUT2D eigenvalue weighted by molar-refractivity contribution is 7.98. The molecule has 0 aromatic carbocycles. The molecule has 0 aromatic heterocycles. The van der Waals surface area contributed by atoms with Crippen molar-refractivity contribution in [1.82, 2.24) is 16.0 Å². The third kappa shape index (κ3) is 10.7. The second-order valence-corrected chi connectivity index (χ2v) is 8.23. The second kappa shape index (κ2) is 14.6. The molecule has 0 radical (unpaired) electrons. The molecule has 13 nitrogen and oxygen atoms in total. The highest BCUT2D eigenvalue weighted by Gasteiger charge is 2.33. The molecule has 0 bridgehead atoms. The van der Waals surface area contributed by atoms with Crippen LogP contribution in [-0.4, -0.2) is 93.3 Å². The van der Waals surface area contributed by atoms with Gasteiger partial charge in [0.1, 0.15) is 12.1 Å². The van der Waals surface area contributed by atoms with Gasteiger partial charge >= 0.3 is 5.97 Å². The van der Waals surface area contributed by atoms with E-state index in [-0.39, 0.29) is 12.8 Å². The van der Waals surface area contributed by atoms with E-state index in [9.17, 15) is 34.2 Å². The normalized spacial score (nSPS) is 16.6. The van der Waals surface area contributed by atoms with E-state index in [1.54, 1.807) is 0 Å². The molecule has 0 aliphatic heterocycles. The van der Waals surface area contributed by atoms with Gasteiger partial charge in [-0.1, -0.05) is 0 Å². The summed E-state index contributed by atoms with van der Waals surface area (Å²) in [5.74, 6) is -4.33. The van der Waals surface area contributed by atoms with Crippen molar-refractivity contribution < 1.29 is 39.3 Å². The first-order valence-electron chi connectivity index (χ1n) is 9.84. The Labute approximate surface area is 190 Å². The molecule has 0 aliphatic rings. The first-order chi connectivity index (χ1) is 14.8. The van der Waals surface area contributed by atoms with Crippen molar-refractivity contribution in [2.24, 2.45) is 11.5 Å². The summed E-state index contributed by atoms with van der Waals surface area (Å²) in [5.41, 5.74) is 10.8. The van der Waals surface area contributed by atoms with E-state index in [0.717, 1.165) is 6.92 Å². The van der Waals surface area contributed by atoms with Crippen LogP contribution >= 0.6 is 11.8 Å². The van der Waals surface area contributed by atoms with Crippen LogP contribution in [0.2, 0.25) is 0 Å². The van der Waals surface area contributed by atoms with Crippen molar-refractivity contribution in [3.05, 3.63) is 0 Å². The van der Waals surface area contributed by atoms with E-state index < -0.39 is 66.0 Å². The van der Waals surface area contributed by atoms with E-state index in [1.807, 2.05) is 6.26 Å². The van der Waals surface area contributed by atoms with Gasteiger partial charge < -0.3 is 42.7 Å². The SMILES string of the molecule is CSCCC(N)C(=O)NC(C(=O)NC(CCC(N)=O)C(=O)NC(C(=O)O)C(C)O)C(C)O. The maximum absolute atomic E-state index is 12.7. The number of carboxylic acids is 1. The number of aliphatic hydroxyl groups excluding tert-OH is 2. The van der Waals surface area contributed by atoms with Gasteiger partial charge in [0, 0.05) is 6.42 Å². The lowest BCUT2D eigenvalue weighted by atomic mass is 10.1. The molecule has 0 aromatic rings. The van der Waals surface area contributed by atoms with Gasteiger partial charge in [-0.2, -0.15) is 11.8 Å². The Bertz CT molecular complexity index is 676. The van der Waals surface area contributed by atoms with Gasteiger partial charge in [-0.15, -0.1) is 0 Å². The number of carbonyl (C=O) groups is 5. The lowest BCUT2D eigenvalue weighted by Gasteiger charge is -2.26. The van der Waals surface area contributed by atoms with Crippen LogP contribution in [0.3, 0.4) is 0 Å². The molecule has 0 aliphatic carbocycles. The summed E-state index contributed by atoms with van der Waals surface area (Å²) in [5, 5.41) is 35.3. The molecule has 14 heteroatoms. The maximum Gasteiger partial charge on any atom is 0.328 e. The summed E-state index contributed by atoms with van der Waals surface area (Å²) in [4.78, 5) is 59.8. The quantitative estimate of drug-likeness (QED) is 0.116. The number of carboxylic acid groups (broad SMARTS) is 1. The van der Waals surface area contributed by atoms with Gasteiger partial charge in [-0.3, -0.25) is 19.2 Å². The first-order valence-corrected chi connectivity index (χ1v) is 11.2. The van der Waals surface area contributed by atoms with E-state index in [4.69, 9.17) is 16.6 Å². The Hall–Kier alpha value is -2.42. The third-order valence-electron chi connectivity index (χ3n) is 4.39. The Kier molecular flexibility index (Phi) is 13.5. The molecule has 0 heterocycles. The summed E-state index contributed by atoms with van der Waals surface area (Å²) in [6.45, 7) is 2.39. The summed E-state index contributed by atoms with van der Waals surface area (Å²) >= 11 is 1.48. The summed E-state index contributed by atoms with van der Waals surface area (Å²) in [6.07, 6.45) is -1.25. The number of aliphatic hydroxyl groups is 2. The Balaban J connectivity index is 5.44. The van der Waals surface area contributed by atoms with Crippen molar-refractivity contribution in [3.8, 4) is 0 Å². The van der Waals surface area contributed by atoms with Crippen molar-refractivity contribution in [3.63, 3.8) is 0 Å². The van der Waals surface area contributed by atoms with Crippen LogP contribution in [-0.2, 0) is 24.0 Å². The zero-order chi connectivity index (χ0) is 25.0. The van der Waals surface area contributed by atoms with Crippen molar-refractivity contribution in [1.29, 1.82) is 0 Å². The van der Waals surface area contributed by atoms with Gasteiger partial charge in [0.05, 0.1) is 18.2 Å². The predicted octanol–water partition coefficient (Wildman–Crippen LogP) is -3.37. The summed E-state index contributed by atoms with van der Waals surface area (Å²) in [6, 6.07) is -5.50. The summed E-state index contributed by atoms with van der Waals surface area (Å²) in [7, 11) is 0. The zero-order valence-electron chi connectivity index (χ0n) is 18.2. The molecule has 6 atom stereocenters. The lowest BCUT2D eigenvalue weighted by molar-refractivity contribution is -0.145.